The SMILES string of the molecule is CC(C)(CCNC(=O)C1(NC(=O)OCC2c3ccccc3-c3ccccc32)CCOCC1)C(=O)O. The molecule has 1 heterocycles. The fraction of sp³-hybridized carbons (Fsp3) is 0.444. The Morgan fingerprint density at radius 2 is 1.60 bits per heavy atom. The van der Waals surface area contributed by atoms with E-state index in [2.05, 4.69) is 22.8 Å². The third kappa shape index (κ3) is 5.17. The van der Waals surface area contributed by atoms with E-state index in [-0.39, 0.29) is 31.4 Å². The largest absolute Gasteiger partial charge is 0.481 e. The van der Waals surface area contributed by atoms with Gasteiger partial charge in [0.2, 0.25) is 5.91 Å². The molecule has 1 fully saturated rings. The smallest absolute Gasteiger partial charge is 0.408 e. The number of aliphatic carboxylic acids is 1. The van der Waals surface area contributed by atoms with Crippen LogP contribution in [0.5, 0.6) is 0 Å². The lowest BCUT2D eigenvalue weighted by atomic mass is 9.87. The Hall–Kier alpha value is -3.39. The lowest BCUT2D eigenvalue weighted by Gasteiger charge is -2.36. The quantitative estimate of drug-likeness (QED) is 0.531. The molecule has 2 aliphatic rings. The number of carbonyl (C=O) groups is 3. The molecule has 3 N–H and O–H groups in total. The summed E-state index contributed by atoms with van der Waals surface area (Å²) in [4.78, 5) is 37.3. The van der Waals surface area contributed by atoms with E-state index >= 15 is 0 Å². The third-order valence-corrected chi connectivity index (χ3v) is 7.08. The fourth-order valence-electron chi connectivity index (χ4n) is 4.72. The van der Waals surface area contributed by atoms with Crippen molar-refractivity contribution in [1.29, 1.82) is 0 Å². The van der Waals surface area contributed by atoms with Gasteiger partial charge >= 0.3 is 12.1 Å². The number of benzene rings is 2. The lowest BCUT2D eigenvalue weighted by Crippen LogP contribution is -2.61. The first-order chi connectivity index (χ1) is 16.7. The second-order valence-electron chi connectivity index (χ2n) is 9.84. The number of amides is 2. The number of hydrogen-bond donors (Lipinski definition) is 3. The molecule has 0 saturated carbocycles. The summed E-state index contributed by atoms with van der Waals surface area (Å²) in [6.07, 6.45) is 0.234. The average molecular weight is 481 g/mol. The summed E-state index contributed by atoms with van der Waals surface area (Å²) < 4.78 is 11.1. The van der Waals surface area contributed by atoms with E-state index in [1.165, 1.54) is 0 Å². The van der Waals surface area contributed by atoms with Crippen molar-refractivity contribution < 1.29 is 29.0 Å². The van der Waals surface area contributed by atoms with Crippen LogP contribution in [0.25, 0.3) is 11.1 Å². The molecule has 0 spiro atoms. The zero-order chi connectivity index (χ0) is 25.1. The van der Waals surface area contributed by atoms with Gasteiger partial charge in [0.25, 0.3) is 0 Å². The van der Waals surface area contributed by atoms with Crippen LogP contribution in [0.15, 0.2) is 48.5 Å². The van der Waals surface area contributed by atoms with Gasteiger partial charge in [0, 0.05) is 38.5 Å². The van der Waals surface area contributed by atoms with Gasteiger partial charge in [-0.25, -0.2) is 4.79 Å². The molecule has 186 valence electrons. The second-order valence-corrected chi connectivity index (χ2v) is 9.84. The molecule has 1 aliphatic carbocycles. The van der Waals surface area contributed by atoms with Gasteiger partial charge in [0.05, 0.1) is 5.41 Å². The van der Waals surface area contributed by atoms with Gasteiger partial charge in [-0.15, -0.1) is 0 Å². The van der Waals surface area contributed by atoms with Crippen molar-refractivity contribution in [2.75, 3.05) is 26.4 Å². The molecule has 0 bridgehead atoms. The van der Waals surface area contributed by atoms with E-state index < -0.39 is 23.0 Å². The Bertz CT molecular complexity index is 1060. The number of carbonyl (C=O) groups excluding carboxylic acids is 2. The monoisotopic (exact) mass is 480 g/mol. The summed E-state index contributed by atoms with van der Waals surface area (Å²) in [5.41, 5.74) is 2.38. The minimum absolute atomic E-state index is 0.0779. The molecule has 0 aromatic heterocycles. The van der Waals surface area contributed by atoms with E-state index in [9.17, 15) is 19.5 Å². The van der Waals surface area contributed by atoms with E-state index in [0.717, 1.165) is 22.3 Å². The maximum Gasteiger partial charge on any atom is 0.408 e. The molecule has 2 aromatic rings. The Morgan fingerprint density at radius 3 is 2.17 bits per heavy atom. The molecule has 0 unspecified atom stereocenters. The maximum absolute atomic E-state index is 13.1. The molecule has 1 aliphatic heterocycles. The van der Waals surface area contributed by atoms with Gasteiger partial charge in [0.1, 0.15) is 12.1 Å². The molecule has 2 aromatic carbocycles. The Morgan fingerprint density at radius 1 is 1.03 bits per heavy atom. The molecule has 1 saturated heterocycles. The molecule has 8 heteroatoms. The topological polar surface area (TPSA) is 114 Å². The van der Waals surface area contributed by atoms with Crippen molar-refractivity contribution in [3.63, 3.8) is 0 Å². The highest BCUT2D eigenvalue weighted by Crippen LogP contribution is 2.44. The van der Waals surface area contributed by atoms with Crippen LogP contribution in [0.1, 0.15) is 50.2 Å². The fourth-order valence-corrected chi connectivity index (χ4v) is 4.72. The predicted octanol–water partition coefficient (Wildman–Crippen LogP) is 3.69. The maximum atomic E-state index is 13.1. The minimum atomic E-state index is -1.16. The van der Waals surface area contributed by atoms with Gasteiger partial charge in [0.15, 0.2) is 0 Å². The van der Waals surface area contributed by atoms with Crippen LogP contribution in [0, 0.1) is 5.41 Å². The highest BCUT2D eigenvalue weighted by Gasteiger charge is 2.42. The van der Waals surface area contributed by atoms with E-state index in [4.69, 9.17) is 9.47 Å². The normalized spacial score (nSPS) is 16.6. The summed E-state index contributed by atoms with van der Waals surface area (Å²) in [5.74, 6) is -1.36. The zero-order valence-corrected chi connectivity index (χ0v) is 20.1. The molecule has 0 atom stereocenters. The number of alkyl carbamates (subject to hydrolysis) is 1. The number of hydrogen-bond acceptors (Lipinski definition) is 5. The summed E-state index contributed by atoms with van der Waals surface area (Å²) in [7, 11) is 0. The molecule has 0 radical (unpaired) electrons. The standard InChI is InChI=1S/C27H32N2O6/c1-26(2,24(31)32)11-14-28-23(30)27(12-15-34-16-13-27)29-25(33)35-17-22-20-9-5-3-7-18(20)19-8-4-6-10-21(19)22/h3-10,22H,11-17H2,1-2H3,(H,28,30)(H,29,33)(H,31,32). The van der Waals surface area contributed by atoms with Crippen LogP contribution in [0.2, 0.25) is 0 Å². The summed E-state index contributed by atoms with van der Waals surface area (Å²) in [5, 5.41) is 14.9. The summed E-state index contributed by atoms with van der Waals surface area (Å²) >= 11 is 0. The first kappa shape index (κ1) is 24.7. The van der Waals surface area contributed by atoms with Crippen LogP contribution < -0.4 is 10.6 Å². The van der Waals surface area contributed by atoms with Crippen molar-refractivity contribution in [2.45, 2.75) is 44.6 Å². The minimum Gasteiger partial charge on any atom is -0.481 e. The van der Waals surface area contributed by atoms with Gasteiger partial charge in [-0.3, -0.25) is 9.59 Å². The number of ether oxygens (including phenoxy) is 2. The van der Waals surface area contributed by atoms with Crippen LogP contribution >= 0.6 is 0 Å². The second kappa shape index (κ2) is 10.1. The van der Waals surface area contributed by atoms with Gasteiger partial charge < -0.3 is 25.2 Å². The molecule has 4 rings (SSSR count). The molecular formula is C27H32N2O6. The van der Waals surface area contributed by atoms with Crippen molar-refractivity contribution in [3.05, 3.63) is 59.7 Å². The number of rotatable bonds is 8. The van der Waals surface area contributed by atoms with Crippen molar-refractivity contribution in [2.24, 2.45) is 5.41 Å². The van der Waals surface area contributed by atoms with E-state index in [1.807, 2.05) is 36.4 Å². The number of nitrogens with one attached hydrogen (secondary N) is 2. The lowest BCUT2D eigenvalue weighted by molar-refractivity contribution is -0.147. The van der Waals surface area contributed by atoms with Gasteiger partial charge in [-0.1, -0.05) is 48.5 Å². The Kier molecular flexibility index (Phi) is 7.12. The molecular weight excluding hydrogens is 448 g/mol. The van der Waals surface area contributed by atoms with Gasteiger partial charge in [-0.05, 0) is 42.5 Å². The number of carboxylic acids is 1. The van der Waals surface area contributed by atoms with Crippen LogP contribution in [-0.2, 0) is 19.1 Å². The molecule has 8 nitrogen and oxygen atoms in total. The van der Waals surface area contributed by atoms with Crippen molar-refractivity contribution >= 4 is 18.0 Å². The Labute approximate surface area is 205 Å². The van der Waals surface area contributed by atoms with Crippen LogP contribution in [0.3, 0.4) is 0 Å². The van der Waals surface area contributed by atoms with Crippen molar-refractivity contribution in [1.82, 2.24) is 10.6 Å². The van der Waals surface area contributed by atoms with E-state index in [0.29, 0.717) is 26.1 Å². The third-order valence-electron chi connectivity index (χ3n) is 7.08. The molecule has 35 heavy (non-hydrogen) atoms. The van der Waals surface area contributed by atoms with Crippen molar-refractivity contribution in [3.8, 4) is 11.1 Å². The average Bonchev–Trinajstić information content (AvgIpc) is 3.17. The molecule has 2 amide bonds. The summed E-state index contributed by atoms with van der Waals surface area (Å²) in [6.45, 7) is 4.23. The number of carboxylic acid groups (broad SMARTS) is 1. The van der Waals surface area contributed by atoms with Gasteiger partial charge in [-0.2, -0.15) is 0 Å². The zero-order valence-electron chi connectivity index (χ0n) is 20.1. The van der Waals surface area contributed by atoms with Crippen LogP contribution in [-0.4, -0.2) is 55.0 Å². The first-order valence-corrected chi connectivity index (χ1v) is 12.0. The Balaban J connectivity index is 1.40. The first-order valence-electron chi connectivity index (χ1n) is 12.0. The summed E-state index contributed by atoms with van der Waals surface area (Å²) in [6, 6.07) is 16.2. The number of fused-ring (bicyclic) bond motifs is 3. The van der Waals surface area contributed by atoms with Crippen LogP contribution in [0.4, 0.5) is 4.79 Å². The highest BCUT2D eigenvalue weighted by atomic mass is 16.5. The predicted molar refractivity (Wildman–Crippen MR) is 130 cm³/mol. The van der Waals surface area contributed by atoms with E-state index in [1.54, 1.807) is 13.8 Å². The highest BCUT2D eigenvalue weighted by molar-refractivity contribution is 5.90.